The Bertz CT molecular complexity index is 699. The second-order valence-electron chi connectivity index (χ2n) is 5.37. The highest BCUT2D eigenvalue weighted by Crippen LogP contribution is 2.27. The molecular weight excluding hydrogens is 326 g/mol. The van der Waals surface area contributed by atoms with E-state index in [1.165, 1.54) is 6.20 Å². The maximum absolute atomic E-state index is 11.9. The van der Waals surface area contributed by atoms with Crippen molar-refractivity contribution in [3.63, 3.8) is 0 Å². The highest BCUT2D eigenvalue weighted by atomic mass is 16.6. The number of aromatic nitrogens is 2. The predicted molar refractivity (Wildman–Crippen MR) is 78.5 cm³/mol. The molecule has 11 heteroatoms. The number of ether oxygens (including phenoxy) is 1. The van der Waals surface area contributed by atoms with Crippen LogP contribution in [-0.2, 0) is 16.0 Å². The molecule has 1 aromatic rings. The van der Waals surface area contributed by atoms with Crippen molar-refractivity contribution >= 4 is 5.97 Å². The first-order valence-corrected chi connectivity index (χ1v) is 7.24. The number of carboxylic acids is 1. The molecule has 6 N–H and O–H groups in total. The van der Waals surface area contributed by atoms with Gasteiger partial charge in [0.25, 0.3) is 5.56 Å². The molecule has 0 aromatic carbocycles. The summed E-state index contributed by atoms with van der Waals surface area (Å²) in [5, 5.41) is 39.9. The lowest BCUT2D eigenvalue weighted by Gasteiger charge is -2.18. The lowest BCUT2D eigenvalue weighted by molar-refractivity contribution is -0.135. The molecule has 1 aromatic heterocycles. The molecule has 1 fully saturated rings. The van der Waals surface area contributed by atoms with E-state index in [9.17, 15) is 24.6 Å². The van der Waals surface area contributed by atoms with E-state index in [-0.39, 0.29) is 25.1 Å². The van der Waals surface area contributed by atoms with Crippen LogP contribution in [0.15, 0.2) is 15.8 Å². The molecule has 0 bridgehead atoms. The van der Waals surface area contributed by atoms with Gasteiger partial charge in [-0.15, -0.1) is 0 Å². The van der Waals surface area contributed by atoms with Gasteiger partial charge in [-0.1, -0.05) is 0 Å². The number of hydrogen-bond donors (Lipinski definition) is 6. The fourth-order valence-corrected chi connectivity index (χ4v) is 2.42. The standard InChI is InChI=1S/C13H19N3O8/c17-5-7-9(20)10(21)12(24-7)16-4-6(11(22)15-13(16)23)1-2-14-3-8(18)19/h4,7,9-10,12,14,17,20-21H,1-3,5H2,(H,18,19)(H,15,22,23)/t7-,9-,10-,12-/m1/s1. The molecule has 2 heterocycles. The number of aromatic amines is 1. The van der Waals surface area contributed by atoms with Crippen LogP contribution in [-0.4, -0.2) is 74.0 Å². The van der Waals surface area contributed by atoms with Gasteiger partial charge in [0, 0.05) is 11.8 Å². The summed E-state index contributed by atoms with van der Waals surface area (Å²) in [6.07, 6.45) is -3.82. The molecule has 0 unspecified atom stereocenters. The van der Waals surface area contributed by atoms with Crippen molar-refractivity contribution in [3.8, 4) is 0 Å². The average Bonchev–Trinajstić information content (AvgIpc) is 2.81. The third kappa shape index (κ3) is 3.88. The molecule has 0 radical (unpaired) electrons. The van der Waals surface area contributed by atoms with Crippen LogP contribution >= 0.6 is 0 Å². The zero-order valence-electron chi connectivity index (χ0n) is 12.6. The van der Waals surface area contributed by atoms with Gasteiger partial charge < -0.3 is 30.5 Å². The zero-order valence-corrected chi connectivity index (χ0v) is 12.6. The van der Waals surface area contributed by atoms with Crippen molar-refractivity contribution in [2.24, 2.45) is 0 Å². The Morgan fingerprint density at radius 3 is 2.62 bits per heavy atom. The summed E-state index contributed by atoms with van der Waals surface area (Å²) in [5.74, 6) is -1.04. The number of aliphatic hydroxyl groups is 3. The Hall–Kier alpha value is -2.05. The van der Waals surface area contributed by atoms with Gasteiger partial charge in [-0.3, -0.25) is 19.1 Å². The molecule has 2 rings (SSSR count). The number of rotatable bonds is 7. The SMILES string of the molecule is O=C(O)CNCCc1cn([C@@H]2O[C@H](CO)[C@@H](O)[C@H]2O)c(=O)[nH]c1=O. The van der Waals surface area contributed by atoms with Crippen molar-refractivity contribution in [1.29, 1.82) is 0 Å². The highest BCUT2D eigenvalue weighted by Gasteiger charge is 2.43. The fraction of sp³-hybridized carbons (Fsp3) is 0.615. The smallest absolute Gasteiger partial charge is 0.330 e. The molecule has 1 aliphatic heterocycles. The first kappa shape index (κ1) is 18.3. The predicted octanol–water partition coefficient (Wildman–Crippen LogP) is -3.64. The summed E-state index contributed by atoms with van der Waals surface area (Å²) in [7, 11) is 0. The maximum atomic E-state index is 11.9. The summed E-state index contributed by atoms with van der Waals surface area (Å²) < 4.78 is 6.18. The van der Waals surface area contributed by atoms with Gasteiger partial charge in [-0.2, -0.15) is 0 Å². The molecule has 134 valence electrons. The molecule has 11 nitrogen and oxygen atoms in total. The number of aliphatic hydroxyl groups excluding tert-OH is 3. The Balaban J connectivity index is 2.19. The van der Waals surface area contributed by atoms with Crippen molar-refractivity contribution < 1.29 is 30.0 Å². The van der Waals surface area contributed by atoms with Gasteiger partial charge in [-0.25, -0.2) is 4.79 Å². The van der Waals surface area contributed by atoms with E-state index in [0.717, 1.165) is 4.57 Å². The van der Waals surface area contributed by atoms with Crippen molar-refractivity contribution in [3.05, 3.63) is 32.6 Å². The van der Waals surface area contributed by atoms with E-state index < -0.39 is 48.4 Å². The Kier molecular flexibility index (Phi) is 5.85. The summed E-state index contributed by atoms with van der Waals surface area (Å²) in [4.78, 5) is 36.2. The van der Waals surface area contributed by atoms with E-state index in [1.807, 2.05) is 0 Å². The molecule has 0 saturated carbocycles. The summed E-state index contributed by atoms with van der Waals surface area (Å²) >= 11 is 0. The number of nitrogens with one attached hydrogen (secondary N) is 2. The number of carboxylic acid groups (broad SMARTS) is 1. The molecule has 0 spiro atoms. The van der Waals surface area contributed by atoms with Crippen LogP contribution in [0.2, 0.25) is 0 Å². The third-order valence-corrected chi connectivity index (χ3v) is 3.68. The van der Waals surface area contributed by atoms with Gasteiger partial charge in [0.1, 0.15) is 18.3 Å². The van der Waals surface area contributed by atoms with Crippen molar-refractivity contribution in [2.75, 3.05) is 19.7 Å². The van der Waals surface area contributed by atoms with Crippen LogP contribution in [0.4, 0.5) is 0 Å². The molecule has 1 aliphatic rings. The van der Waals surface area contributed by atoms with Gasteiger partial charge >= 0.3 is 11.7 Å². The van der Waals surface area contributed by atoms with Crippen LogP contribution in [0.3, 0.4) is 0 Å². The second-order valence-corrected chi connectivity index (χ2v) is 5.37. The largest absolute Gasteiger partial charge is 0.480 e. The van der Waals surface area contributed by atoms with Crippen LogP contribution in [0.1, 0.15) is 11.8 Å². The van der Waals surface area contributed by atoms with Crippen molar-refractivity contribution in [1.82, 2.24) is 14.9 Å². The van der Waals surface area contributed by atoms with Crippen LogP contribution in [0, 0.1) is 0 Å². The van der Waals surface area contributed by atoms with Crippen LogP contribution in [0.25, 0.3) is 0 Å². The average molecular weight is 345 g/mol. The molecule has 4 atom stereocenters. The first-order chi connectivity index (χ1) is 11.3. The van der Waals surface area contributed by atoms with Gasteiger partial charge in [0.15, 0.2) is 6.23 Å². The van der Waals surface area contributed by atoms with Gasteiger partial charge in [0.05, 0.1) is 13.2 Å². The Morgan fingerprint density at radius 1 is 1.33 bits per heavy atom. The number of carbonyl (C=O) groups is 1. The van der Waals surface area contributed by atoms with E-state index in [0.29, 0.717) is 0 Å². The van der Waals surface area contributed by atoms with Crippen LogP contribution in [0.5, 0.6) is 0 Å². The fourth-order valence-electron chi connectivity index (χ4n) is 2.42. The summed E-state index contributed by atoms with van der Waals surface area (Å²) in [6.45, 7) is -0.630. The molecule has 24 heavy (non-hydrogen) atoms. The number of hydrogen-bond acceptors (Lipinski definition) is 8. The summed E-state index contributed by atoms with van der Waals surface area (Å²) in [6, 6.07) is 0. The maximum Gasteiger partial charge on any atom is 0.330 e. The lowest BCUT2D eigenvalue weighted by Crippen LogP contribution is -2.39. The van der Waals surface area contributed by atoms with Gasteiger partial charge in [0.2, 0.25) is 0 Å². The second kappa shape index (κ2) is 7.68. The minimum absolute atomic E-state index is 0.137. The molecule has 0 amide bonds. The topological polar surface area (TPSA) is 174 Å². The zero-order chi connectivity index (χ0) is 17.9. The monoisotopic (exact) mass is 345 g/mol. The molecular formula is C13H19N3O8. The minimum atomic E-state index is -1.45. The van der Waals surface area contributed by atoms with E-state index in [1.54, 1.807) is 0 Å². The van der Waals surface area contributed by atoms with Crippen LogP contribution < -0.4 is 16.6 Å². The van der Waals surface area contributed by atoms with E-state index in [4.69, 9.17) is 14.9 Å². The van der Waals surface area contributed by atoms with Crippen molar-refractivity contribution in [2.45, 2.75) is 31.0 Å². The third-order valence-electron chi connectivity index (χ3n) is 3.68. The Morgan fingerprint density at radius 2 is 2.04 bits per heavy atom. The lowest BCUT2D eigenvalue weighted by atomic mass is 10.1. The number of nitrogens with zero attached hydrogens (tertiary/aromatic N) is 1. The van der Waals surface area contributed by atoms with E-state index in [2.05, 4.69) is 10.3 Å². The quantitative estimate of drug-likeness (QED) is 0.272. The normalized spacial score (nSPS) is 26.6. The number of H-pyrrole nitrogens is 1. The summed E-state index contributed by atoms with van der Waals surface area (Å²) in [5.41, 5.74) is -1.30. The van der Waals surface area contributed by atoms with Gasteiger partial charge in [-0.05, 0) is 13.0 Å². The Labute approximate surface area is 135 Å². The highest BCUT2D eigenvalue weighted by molar-refractivity contribution is 5.68. The minimum Gasteiger partial charge on any atom is -0.480 e. The first-order valence-electron chi connectivity index (χ1n) is 7.24. The molecule has 1 saturated heterocycles. The van der Waals surface area contributed by atoms with E-state index >= 15 is 0 Å². The number of aliphatic carboxylic acids is 1. The molecule has 0 aliphatic carbocycles.